The van der Waals surface area contributed by atoms with Crippen molar-refractivity contribution in [3.05, 3.63) is 29.8 Å². The number of hydrogen-bond donors (Lipinski definition) is 2. The van der Waals surface area contributed by atoms with E-state index in [-0.39, 0.29) is 23.5 Å². The topological polar surface area (TPSA) is 90.2 Å². The molecule has 1 aromatic carbocycles. The first-order chi connectivity index (χ1) is 9.30. The van der Waals surface area contributed by atoms with Crippen molar-refractivity contribution < 1.29 is 13.5 Å². The fourth-order valence-electron chi connectivity index (χ4n) is 1.75. The highest BCUT2D eigenvalue weighted by atomic mass is 32.2. The summed E-state index contributed by atoms with van der Waals surface area (Å²) in [6.45, 7) is 4.26. The third kappa shape index (κ3) is 4.93. The van der Waals surface area contributed by atoms with Crippen molar-refractivity contribution in [2.24, 2.45) is 5.41 Å². The van der Waals surface area contributed by atoms with Gasteiger partial charge in [0.15, 0.2) is 0 Å². The summed E-state index contributed by atoms with van der Waals surface area (Å²) in [4.78, 5) is 0.0921. The molecule has 1 aromatic rings. The Morgan fingerprint density at radius 2 is 2.10 bits per heavy atom. The molecule has 1 rings (SSSR count). The van der Waals surface area contributed by atoms with Crippen LogP contribution < -0.4 is 4.72 Å². The molecule has 0 aromatic heterocycles. The zero-order valence-corrected chi connectivity index (χ0v) is 12.6. The molecule has 0 heterocycles. The molecule has 0 fully saturated rings. The number of nitriles is 1. The summed E-state index contributed by atoms with van der Waals surface area (Å²) in [6.07, 6.45) is 1.36. The Kier molecular flexibility index (Phi) is 5.69. The van der Waals surface area contributed by atoms with Crippen LogP contribution in [0.4, 0.5) is 0 Å². The molecule has 0 saturated heterocycles. The summed E-state index contributed by atoms with van der Waals surface area (Å²) >= 11 is 0. The molecule has 20 heavy (non-hydrogen) atoms. The molecule has 2 N–H and O–H groups in total. The van der Waals surface area contributed by atoms with E-state index in [1.807, 2.05) is 19.9 Å². The first-order valence-corrected chi connectivity index (χ1v) is 7.90. The van der Waals surface area contributed by atoms with E-state index in [2.05, 4.69) is 4.72 Å². The van der Waals surface area contributed by atoms with Crippen molar-refractivity contribution in [2.45, 2.75) is 31.6 Å². The summed E-state index contributed by atoms with van der Waals surface area (Å²) in [5.74, 6) is 0. The van der Waals surface area contributed by atoms with Crippen LogP contribution in [0.15, 0.2) is 29.2 Å². The lowest BCUT2D eigenvalue weighted by Gasteiger charge is -2.24. The van der Waals surface area contributed by atoms with Crippen molar-refractivity contribution in [3.63, 3.8) is 0 Å². The van der Waals surface area contributed by atoms with E-state index in [4.69, 9.17) is 10.4 Å². The van der Waals surface area contributed by atoms with E-state index in [0.29, 0.717) is 12.0 Å². The third-order valence-electron chi connectivity index (χ3n) is 3.03. The number of aliphatic hydroxyl groups excluding tert-OH is 1. The van der Waals surface area contributed by atoms with Gasteiger partial charge in [-0.2, -0.15) is 5.26 Å². The molecule has 0 aliphatic rings. The minimum atomic E-state index is -3.61. The number of sulfonamides is 1. The summed E-state index contributed by atoms with van der Waals surface area (Å²) in [5.41, 5.74) is 0.0789. The van der Waals surface area contributed by atoms with Gasteiger partial charge in [0.2, 0.25) is 10.0 Å². The second kappa shape index (κ2) is 6.84. The Bertz CT molecular complexity index is 589. The number of nitrogens with zero attached hydrogens (tertiary/aromatic N) is 1. The highest BCUT2D eigenvalue weighted by Gasteiger charge is 2.22. The lowest BCUT2D eigenvalue weighted by atomic mass is 9.88. The number of nitrogens with one attached hydrogen (secondary N) is 1. The third-order valence-corrected chi connectivity index (χ3v) is 4.42. The first-order valence-electron chi connectivity index (χ1n) is 6.41. The standard InChI is InChI=1S/C14H20N2O3S/c1-14(2,7-4-8-17)11-16-20(18,19)13-6-3-5-12(9-13)10-15/h3,5-6,9,16-17H,4,7-8,11H2,1-2H3. The van der Waals surface area contributed by atoms with Gasteiger partial charge in [-0.15, -0.1) is 0 Å². The number of rotatable bonds is 7. The zero-order chi connectivity index (χ0) is 15.2. The predicted octanol–water partition coefficient (Wildman–Crippen LogP) is 1.64. The van der Waals surface area contributed by atoms with Crippen LogP contribution in [0.3, 0.4) is 0 Å². The quantitative estimate of drug-likeness (QED) is 0.800. The Morgan fingerprint density at radius 1 is 1.40 bits per heavy atom. The van der Waals surface area contributed by atoms with E-state index in [0.717, 1.165) is 6.42 Å². The lowest BCUT2D eigenvalue weighted by molar-refractivity contribution is 0.242. The molecule has 5 nitrogen and oxygen atoms in total. The summed E-state index contributed by atoms with van der Waals surface area (Å²) in [6, 6.07) is 7.84. The Balaban J connectivity index is 2.78. The van der Waals surface area contributed by atoms with Crippen molar-refractivity contribution in [1.29, 1.82) is 5.26 Å². The van der Waals surface area contributed by atoms with Crippen molar-refractivity contribution in [1.82, 2.24) is 4.72 Å². The molecule has 110 valence electrons. The summed E-state index contributed by atoms with van der Waals surface area (Å²) < 4.78 is 26.9. The van der Waals surface area contributed by atoms with Crippen LogP contribution in [0, 0.1) is 16.7 Å². The molecule has 0 atom stereocenters. The number of benzene rings is 1. The molecule has 0 bridgehead atoms. The highest BCUT2D eigenvalue weighted by Crippen LogP contribution is 2.22. The minimum Gasteiger partial charge on any atom is -0.396 e. The molecule has 0 unspecified atom stereocenters. The largest absolute Gasteiger partial charge is 0.396 e. The normalized spacial score (nSPS) is 12.1. The van der Waals surface area contributed by atoms with Gasteiger partial charge in [0.1, 0.15) is 0 Å². The van der Waals surface area contributed by atoms with Crippen molar-refractivity contribution >= 4 is 10.0 Å². The van der Waals surface area contributed by atoms with E-state index in [9.17, 15) is 8.42 Å². The fraction of sp³-hybridized carbons (Fsp3) is 0.500. The monoisotopic (exact) mass is 296 g/mol. The maximum Gasteiger partial charge on any atom is 0.240 e. The Labute approximate surface area is 120 Å². The predicted molar refractivity (Wildman–Crippen MR) is 76.4 cm³/mol. The van der Waals surface area contributed by atoms with Gasteiger partial charge in [0.25, 0.3) is 0 Å². The zero-order valence-electron chi connectivity index (χ0n) is 11.8. The van der Waals surface area contributed by atoms with Gasteiger partial charge in [-0.1, -0.05) is 19.9 Å². The van der Waals surface area contributed by atoms with Gasteiger partial charge < -0.3 is 5.11 Å². The van der Waals surface area contributed by atoms with Crippen molar-refractivity contribution in [2.75, 3.05) is 13.2 Å². The maximum absolute atomic E-state index is 12.2. The molecule has 0 radical (unpaired) electrons. The van der Waals surface area contributed by atoms with Crippen LogP contribution in [0.2, 0.25) is 0 Å². The molecule has 0 amide bonds. The Morgan fingerprint density at radius 3 is 2.70 bits per heavy atom. The van der Waals surface area contributed by atoms with Crippen LogP contribution in [0.5, 0.6) is 0 Å². The maximum atomic E-state index is 12.2. The smallest absolute Gasteiger partial charge is 0.240 e. The Hall–Kier alpha value is -1.42. The van der Waals surface area contributed by atoms with Crippen LogP contribution in [-0.2, 0) is 10.0 Å². The summed E-state index contributed by atoms with van der Waals surface area (Å²) in [5, 5.41) is 17.6. The first kappa shape index (κ1) is 16.6. The molecular formula is C14H20N2O3S. The van der Waals surface area contributed by atoms with E-state index in [1.54, 1.807) is 12.1 Å². The van der Waals surface area contributed by atoms with Gasteiger partial charge in [0, 0.05) is 13.2 Å². The molecule has 0 saturated carbocycles. The molecule has 0 aliphatic carbocycles. The van der Waals surface area contributed by atoms with Gasteiger partial charge in [-0.25, -0.2) is 13.1 Å². The second-order valence-electron chi connectivity index (χ2n) is 5.46. The number of hydrogen-bond acceptors (Lipinski definition) is 4. The lowest BCUT2D eigenvalue weighted by Crippen LogP contribution is -2.34. The fourth-order valence-corrected chi connectivity index (χ4v) is 3.04. The van der Waals surface area contributed by atoms with Crippen LogP contribution >= 0.6 is 0 Å². The van der Waals surface area contributed by atoms with E-state index in [1.165, 1.54) is 12.1 Å². The van der Waals surface area contributed by atoms with Crippen molar-refractivity contribution in [3.8, 4) is 6.07 Å². The second-order valence-corrected chi connectivity index (χ2v) is 7.22. The van der Waals surface area contributed by atoms with Gasteiger partial charge in [-0.3, -0.25) is 0 Å². The average molecular weight is 296 g/mol. The average Bonchev–Trinajstić information content (AvgIpc) is 2.43. The SMILES string of the molecule is CC(C)(CCCO)CNS(=O)(=O)c1cccc(C#N)c1. The molecular weight excluding hydrogens is 276 g/mol. The van der Waals surface area contributed by atoms with Crippen LogP contribution in [0.1, 0.15) is 32.3 Å². The van der Waals surface area contributed by atoms with Crippen LogP contribution in [-0.4, -0.2) is 26.7 Å². The minimum absolute atomic E-state index is 0.0921. The summed E-state index contributed by atoms with van der Waals surface area (Å²) in [7, 11) is -3.61. The molecule has 0 aliphatic heterocycles. The molecule has 0 spiro atoms. The van der Waals surface area contributed by atoms with Gasteiger partial charge in [-0.05, 0) is 36.5 Å². The van der Waals surface area contributed by atoms with Gasteiger partial charge >= 0.3 is 0 Å². The van der Waals surface area contributed by atoms with Gasteiger partial charge in [0.05, 0.1) is 16.5 Å². The van der Waals surface area contributed by atoms with Crippen LogP contribution in [0.25, 0.3) is 0 Å². The van der Waals surface area contributed by atoms with E-state index >= 15 is 0 Å². The number of aliphatic hydroxyl groups is 1. The highest BCUT2D eigenvalue weighted by molar-refractivity contribution is 7.89. The molecule has 6 heteroatoms. The van der Waals surface area contributed by atoms with E-state index < -0.39 is 10.0 Å².